The van der Waals surface area contributed by atoms with Crippen LogP contribution in [0, 0.1) is 0 Å². The second kappa shape index (κ2) is 32.8. The number of nitrogens with one attached hydrogen (secondary N) is 6. The third-order valence-corrected chi connectivity index (χ3v) is 8.70. The molecule has 1 radical (unpaired) electrons. The number of amides is 6. The van der Waals surface area contributed by atoms with E-state index in [1.54, 1.807) is 0 Å². The molecule has 0 aromatic rings. The molecule has 0 heterocycles. The molecule has 0 aliphatic rings. The number of hydrogen-bond donors (Lipinski definition) is 16. The van der Waals surface area contributed by atoms with Crippen molar-refractivity contribution in [2.75, 3.05) is 39.3 Å². The summed E-state index contributed by atoms with van der Waals surface area (Å²) in [7, 11) is 0. The lowest BCUT2D eigenvalue weighted by molar-refractivity contribution is -0.135. The van der Waals surface area contributed by atoms with Crippen molar-refractivity contribution in [3.05, 3.63) is 0 Å². The first-order valence-electron chi connectivity index (χ1n) is 20.2. The lowest BCUT2D eigenvalue weighted by Gasteiger charge is -2.27. The molecular formula is C34H66BClN21O7. The molecule has 0 unspecified atom stereocenters. The van der Waals surface area contributed by atoms with Crippen LogP contribution in [0.2, 0.25) is 0 Å². The van der Waals surface area contributed by atoms with Crippen LogP contribution in [-0.2, 0) is 28.8 Å². The van der Waals surface area contributed by atoms with E-state index in [1.807, 2.05) is 0 Å². The zero-order valence-corrected chi connectivity index (χ0v) is 36.8. The van der Waals surface area contributed by atoms with Crippen LogP contribution < -0.4 is 89.2 Å². The van der Waals surface area contributed by atoms with Crippen LogP contribution in [0.15, 0.2) is 25.0 Å². The minimum atomic E-state index is -1.37. The van der Waals surface area contributed by atoms with Crippen LogP contribution in [0.4, 0.5) is 4.79 Å². The standard InChI is InChI=1S/C34H66BClN21O7/c1-18(58)17-52-24(59)19(7-2-12-47-30(37)38)53-25(60)20(8-3-13-48-31(39)40)54-26(61)21(9-4-14-49-32(41)42)55-27(62)22(10-5-15-50-33(43)44)56-28(63)23(57-29(64)35-36)11-6-16-51-34(45)46/h19-23H,2-17H2,1H3,(H,52,59)(H,53,60)(H,54,61)(H,55,62)(H,56,63)(H,57,64)(H4,37,38,47)(H4,39,40,48)(H4,41,42,49)(H4,43,44,50)(H4,45,46,51)/t19-,20-,21-,22-,23-/m0/s1. The Morgan fingerprint density at radius 1 is 0.422 bits per heavy atom. The Hall–Kier alpha value is -6.81. The van der Waals surface area contributed by atoms with Crippen molar-refractivity contribution < 1.29 is 33.6 Å². The average molecular weight is 927 g/mol. The molecule has 0 saturated heterocycles. The molecule has 359 valence electrons. The Bertz CT molecular complexity index is 1680. The predicted octanol–water partition coefficient (Wildman–Crippen LogP) is -7.17. The second-order valence-corrected chi connectivity index (χ2v) is 14.3. The quantitative estimate of drug-likeness (QED) is 0.0126. The number of ketones is 1. The van der Waals surface area contributed by atoms with Gasteiger partial charge in [0.1, 0.15) is 36.0 Å². The fourth-order valence-electron chi connectivity index (χ4n) is 5.49. The van der Waals surface area contributed by atoms with Gasteiger partial charge in [0.05, 0.1) is 6.54 Å². The number of carbonyl (C=O) groups is 7. The minimum Gasteiger partial charge on any atom is -0.370 e. The lowest BCUT2D eigenvalue weighted by atomic mass is 10.0. The van der Waals surface area contributed by atoms with Crippen molar-refractivity contribution >= 4 is 89.1 Å². The van der Waals surface area contributed by atoms with E-state index in [-0.39, 0.29) is 139 Å². The van der Waals surface area contributed by atoms with E-state index in [0.717, 1.165) is 0 Å². The fourth-order valence-corrected chi connectivity index (χ4v) is 5.55. The Morgan fingerprint density at radius 2 is 0.656 bits per heavy atom. The zero-order valence-electron chi connectivity index (χ0n) is 36.0. The molecule has 5 atom stereocenters. The largest absolute Gasteiger partial charge is 0.370 e. The number of hydrogen-bond acceptors (Lipinski definition) is 12. The molecule has 0 aliphatic carbocycles. The molecule has 0 rings (SSSR count). The number of aliphatic imine (C=N–C) groups is 5. The van der Waals surface area contributed by atoms with Crippen LogP contribution in [0.3, 0.4) is 0 Å². The van der Waals surface area contributed by atoms with Crippen LogP contribution in [-0.4, -0.2) is 147 Å². The van der Waals surface area contributed by atoms with Crippen LogP contribution in [0.1, 0.15) is 71.1 Å². The molecule has 6 amide bonds. The van der Waals surface area contributed by atoms with E-state index >= 15 is 0 Å². The summed E-state index contributed by atoms with van der Waals surface area (Å²) in [6.07, 6.45) is 0.816. The smallest absolute Gasteiger partial charge is 0.353 e. The number of guanidine groups is 5. The van der Waals surface area contributed by atoms with Gasteiger partial charge in [-0.3, -0.25) is 58.5 Å². The molecule has 0 fully saturated rings. The van der Waals surface area contributed by atoms with Gasteiger partial charge < -0.3 is 89.2 Å². The van der Waals surface area contributed by atoms with Crippen molar-refractivity contribution in [3.63, 3.8) is 0 Å². The number of carbonyl (C=O) groups excluding carboxylic acids is 7. The number of nitrogens with zero attached hydrogens (tertiary/aromatic N) is 5. The molecule has 0 spiro atoms. The van der Waals surface area contributed by atoms with Gasteiger partial charge in [-0.25, -0.2) is 0 Å². The van der Waals surface area contributed by atoms with E-state index in [4.69, 9.17) is 68.8 Å². The maximum atomic E-state index is 14.1. The Kier molecular flexibility index (Phi) is 29.4. The maximum Gasteiger partial charge on any atom is 0.353 e. The first-order valence-corrected chi connectivity index (χ1v) is 20.6. The van der Waals surface area contributed by atoms with E-state index < -0.39 is 65.6 Å². The van der Waals surface area contributed by atoms with Gasteiger partial charge in [-0.2, -0.15) is 11.5 Å². The average Bonchev–Trinajstić information content (AvgIpc) is 3.21. The molecule has 26 N–H and O–H groups in total. The highest BCUT2D eigenvalue weighted by atomic mass is 35.5. The van der Waals surface area contributed by atoms with Crippen molar-refractivity contribution in [1.29, 1.82) is 0 Å². The summed E-state index contributed by atoms with van der Waals surface area (Å²) in [5, 5.41) is 15.4. The second-order valence-electron chi connectivity index (χ2n) is 14.1. The Morgan fingerprint density at radius 3 is 0.875 bits per heavy atom. The van der Waals surface area contributed by atoms with Gasteiger partial charge in [-0.05, 0) is 71.1 Å². The van der Waals surface area contributed by atoms with Gasteiger partial charge in [0.25, 0.3) is 0 Å². The molecule has 30 heteroatoms. The third kappa shape index (κ3) is 28.7. The summed E-state index contributed by atoms with van der Waals surface area (Å²) in [4.78, 5) is 112. The summed E-state index contributed by atoms with van der Waals surface area (Å²) in [6, 6.07) is -6.45. The van der Waals surface area contributed by atoms with Gasteiger partial charge in [0, 0.05) is 32.7 Å². The number of rotatable bonds is 33. The highest BCUT2D eigenvalue weighted by molar-refractivity contribution is 7.11. The lowest BCUT2D eigenvalue weighted by Crippen LogP contribution is -2.59. The van der Waals surface area contributed by atoms with E-state index in [1.165, 1.54) is 6.92 Å². The van der Waals surface area contributed by atoms with Crippen molar-refractivity contribution in [2.45, 2.75) is 101 Å². The van der Waals surface area contributed by atoms with Crippen molar-refractivity contribution in [2.24, 2.45) is 82.3 Å². The normalized spacial score (nSPS) is 12.7. The molecular weight excluding hydrogens is 861 g/mol. The summed E-state index contributed by atoms with van der Waals surface area (Å²) in [6.45, 7) is 2.03. The van der Waals surface area contributed by atoms with E-state index in [9.17, 15) is 33.6 Å². The summed E-state index contributed by atoms with van der Waals surface area (Å²) in [5.74, 6) is -6.12. The Labute approximate surface area is 376 Å². The first-order chi connectivity index (χ1) is 30.2. The number of Topliss-reactive ketones (excluding diaryl/α,β-unsaturated/α-hetero) is 1. The molecule has 64 heavy (non-hydrogen) atoms. The first kappa shape index (κ1) is 57.2. The summed E-state index contributed by atoms with van der Waals surface area (Å²) < 4.78 is 0. The summed E-state index contributed by atoms with van der Waals surface area (Å²) in [5.41, 5.74) is 54.4. The fraction of sp³-hybridized carbons (Fsp3) is 0.647. The summed E-state index contributed by atoms with van der Waals surface area (Å²) >= 11 is 5.56. The van der Waals surface area contributed by atoms with E-state index in [2.05, 4.69) is 56.9 Å². The van der Waals surface area contributed by atoms with Crippen LogP contribution in [0.25, 0.3) is 0 Å². The molecule has 0 saturated carbocycles. The highest BCUT2D eigenvalue weighted by Crippen LogP contribution is 2.09. The van der Waals surface area contributed by atoms with Gasteiger partial charge in [-0.1, -0.05) is 0 Å². The Balaban J connectivity index is 6.80. The predicted molar refractivity (Wildman–Crippen MR) is 245 cm³/mol. The van der Waals surface area contributed by atoms with Gasteiger partial charge in [-0.15, -0.1) is 0 Å². The molecule has 0 aromatic heterocycles. The molecule has 0 aliphatic heterocycles. The molecule has 0 bridgehead atoms. The van der Waals surface area contributed by atoms with E-state index in [0.29, 0.717) is 6.69 Å². The van der Waals surface area contributed by atoms with Gasteiger partial charge >= 0.3 is 6.69 Å². The topological polar surface area (TPSA) is 514 Å². The molecule has 28 nitrogen and oxygen atoms in total. The monoisotopic (exact) mass is 927 g/mol. The third-order valence-electron chi connectivity index (χ3n) is 8.50. The zero-order chi connectivity index (χ0) is 48.6. The number of halogens is 1. The minimum absolute atomic E-state index is 0.0272. The van der Waals surface area contributed by atoms with Gasteiger partial charge in [0.15, 0.2) is 35.6 Å². The van der Waals surface area contributed by atoms with Gasteiger partial charge in [0.2, 0.25) is 29.5 Å². The highest BCUT2D eigenvalue weighted by Gasteiger charge is 2.32. The SMILES string of the molecule is CC(=O)CNC(=O)[C@H](CCCN=C(N)N)NC(=O)[C@H](CCCN=C(N)N)NC(=O)[C@H](CCCN=C(N)N)NC(=O)[C@H](CCCN=C(N)N)NC(=O)[C@H](CCCN=C(N)N)NC(=O)[B]Cl. The number of nitrogens with two attached hydrogens (primary N) is 10. The van der Waals surface area contributed by atoms with Crippen molar-refractivity contribution in [3.8, 4) is 0 Å². The van der Waals surface area contributed by atoms with Crippen LogP contribution in [0.5, 0.6) is 0 Å². The van der Waals surface area contributed by atoms with Crippen LogP contribution >= 0.6 is 11.5 Å². The molecule has 0 aromatic carbocycles. The maximum absolute atomic E-state index is 14.1. The van der Waals surface area contributed by atoms with Crippen molar-refractivity contribution in [1.82, 2.24) is 31.9 Å².